The quantitative estimate of drug-likeness (QED) is 0.482. The van der Waals surface area contributed by atoms with Gasteiger partial charge in [0.25, 0.3) is 0 Å². The van der Waals surface area contributed by atoms with Gasteiger partial charge in [-0.05, 0) is 45.9 Å². The SMILES string of the molecule is C=CCC(CSP(=S)(OC(C)C)OC(C)C)C(=O)O. The second kappa shape index (κ2) is 9.14. The maximum Gasteiger partial charge on any atom is 0.307 e. The molecule has 0 aliphatic rings. The van der Waals surface area contributed by atoms with E-state index in [4.69, 9.17) is 26.0 Å². The smallest absolute Gasteiger partial charge is 0.307 e. The molecule has 19 heavy (non-hydrogen) atoms. The van der Waals surface area contributed by atoms with E-state index in [9.17, 15) is 4.79 Å². The lowest BCUT2D eigenvalue weighted by molar-refractivity contribution is -0.140. The van der Waals surface area contributed by atoms with Crippen LogP contribution in [0.25, 0.3) is 0 Å². The van der Waals surface area contributed by atoms with Crippen molar-refractivity contribution in [2.24, 2.45) is 5.92 Å². The molecule has 0 radical (unpaired) electrons. The van der Waals surface area contributed by atoms with Gasteiger partial charge in [-0.2, -0.15) is 0 Å². The fourth-order valence-electron chi connectivity index (χ4n) is 1.22. The summed E-state index contributed by atoms with van der Waals surface area (Å²) in [4.78, 5) is 11.1. The number of carbonyl (C=O) groups is 1. The molecule has 0 aromatic rings. The number of carboxylic acid groups (broad SMARTS) is 1. The van der Waals surface area contributed by atoms with E-state index in [1.54, 1.807) is 6.08 Å². The van der Waals surface area contributed by atoms with Gasteiger partial charge in [0.2, 0.25) is 5.69 Å². The van der Waals surface area contributed by atoms with E-state index >= 15 is 0 Å². The van der Waals surface area contributed by atoms with Crippen molar-refractivity contribution in [2.75, 3.05) is 5.75 Å². The molecular formula is C12H23O4PS2. The molecular weight excluding hydrogens is 303 g/mol. The number of hydrogen-bond acceptors (Lipinski definition) is 5. The number of hydrogen-bond donors (Lipinski definition) is 1. The van der Waals surface area contributed by atoms with Crippen molar-refractivity contribution in [2.45, 2.75) is 46.3 Å². The van der Waals surface area contributed by atoms with Crippen LogP contribution in [-0.4, -0.2) is 29.0 Å². The highest BCUT2D eigenvalue weighted by molar-refractivity contribution is 8.67. The van der Waals surface area contributed by atoms with Crippen LogP contribution in [0.1, 0.15) is 34.1 Å². The Bertz CT molecular complexity index is 331. The molecule has 0 fully saturated rings. The lowest BCUT2D eigenvalue weighted by Crippen LogP contribution is -2.16. The van der Waals surface area contributed by atoms with Gasteiger partial charge in [0.1, 0.15) is 0 Å². The summed E-state index contributed by atoms with van der Waals surface area (Å²) in [6.45, 7) is 11.1. The Balaban J connectivity index is 4.67. The van der Waals surface area contributed by atoms with Crippen LogP contribution in [0.15, 0.2) is 12.7 Å². The molecule has 0 aromatic heterocycles. The summed E-state index contributed by atoms with van der Waals surface area (Å²) in [6.07, 6.45) is 1.94. The van der Waals surface area contributed by atoms with Crippen LogP contribution in [0.5, 0.6) is 0 Å². The highest BCUT2D eigenvalue weighted by Gasteiger charge is 2.27. The zero-order valence-electron chi connectivity index (χ0n) is 11.9. The Morgan fingerprint density at radius 3 is 2.16 bits per heavy atom. The molecule has 0 saturated heterocycles. The molecule has 4 nitrogen and oxygen atoms in total. The van der Waals surface area contributed by atoms with Gasteiger partial charge in [-0.25, -0.2) is 0 Å². The van der Waals surface area contributed by atoms with Crippen molar-refractivity contribution < 1.29 is 18.9 Å². The Morgan fingerprint density at radius 2 is 1.84 bits per heavy atom. The van der Waals surface area contributed by atoms with Gasteiger partial charge >= 0.3 is 5.97 Å². The second-order valence-electron chi connectivity index (χ2n) is 4.61. The van der Waals surface area contributed by atoms with E-state index in [1.165, 1.54) is 11.4 Å². The van der Waals surface area contributed by atoms with Gasteiger partial charge in [0.05, 0.1) is 18.1 Å². The van der Waals surface area contributed by atoms with Gasteiger partial charge in [-0.1, -0.05) is 17.5 Å². The Hall–Kier alpha value is 0.130. The number of carboxylic acids is 1. The first-order valence-electron chi connectivity index (χ1n) is 6.15. The molecule has 1 atom stereocenters. The van der Waals surface area contributed by atoms with E-state index in [2.05, 4.69) is 6.58 Å². The normalized spacial score (nSPS) is 13.8. The van der Waals surface area contributed by atoms with Crippen molar-refractivity contribution in [1.29, 1.82) is 0 Å². The van der Waals surface area contributed by atoms with Crippen LogP contribution in [0, 0.1) is 5.92 Å². The lowest BCUT2D eigenvalue weighted by Gasteiger charge is -2.26. The average Bonchev–Trinajstić information content (AvgIpc) is 2.21. The van der Waals surface area contributed by atoms with Crippen molar-refractivity contribution in [3.8, 4) is 0 Å². The molecule has 0 amide bonds. The fourth-order valence-corrected chi connectivity index (χ4v) is 7.14. The molecule has 112 valence electrons. The predicted octanol–water partition coefficient (Wildman–Crippen LogP) is 4.07. The highest BCUT2D eigenvalue weighted by Crippen LogP contribution is 2.63. The van der Waals surface area contributed by atoms with Gasteiger partial charge in [-0.15, -0.1) is 6.58 Å². The molecule has 0 bridgehead atoms. The predicted molar refractivity (Wildman–Crippen MR) is 85.1 cm³/mol. The van der Waals surface area contributed by atoms with Crippen molar-refractivity contribution in [1.82, 2.24) is 0 Å². The third kappa shape index (κ3) is 8.82. The fraction of sp³-hybridized carbons (Fsp3) is 0.750. The summed E-state index contributed by atoms with van der Waals surface area (Å²) in [6, 6.07) is 0. The minimum Gasteiger partial charge on any atom is -0.481 e. The molecule has 0 aliphatic heterocycles. The number of allylic oxidation sites excluding steroid dienone is 1. The zero-order valence-corrected chi connectivity index (χ0v) is 14.4. The third-order valence-corrected chi connectivity index (χ3v) is 7.52. The second-order valence-corrected chi connectivity index (χ2v) is 10.9. The first-order valence-corrected chi connectivity index (χ1v) is 10.4. The van der Waals surface area contributed by atoms with Crippen molar-refractivity contribution in [3.05, 3.63) is 12.7 Å². The number of rotatable bonds is 10. The van der Waals surface area contributed by atoms with Crippen molar-refractivity contribution in [3.63, 3.8) is 0 Å². The summed E-state index contributed by atoms with van der Waals surface area (Å²) in [7, 11) is 0. The lowest BCUT2D eigenvalue weighted by atomic mass is 10.1. The van der Waals surface area contributed by atoms with Crippen molar-refractivity contribution >= 4 is 34.9 Å². The van der Waals surface area contributed by atoms with Gasteiger partial charge < -0.3 is 14.2 Å². The van der Waals surface area contributed by atoms with Gasteiger partial charge in [0.15, 0.2) is 0 Å². The highest BCUT2D eigenvalue weighted by atomic mass is 32.9. The van der Waals surface area contributed by atoms with Crippen LogP contribution >= 0.6 is 17.1 Å². The molecule has 1 N–H and O–H groups in total. The van der Waals surface area contributed by atoms with E-state index in [1.807, 2.05) is 27.7 Å². The largest absolute Gasteiger partial charge is 0.481 e. The molecule has 0 aliphatic carbocycles. The van der Waals surface area contributed by atoms with Gasteiger partial charge in [-0.3, -0.25) is 4.79 Å². The molecule has 0 spiro atoms. The summed E-state index contributed by atoms with van der Waals surface area (Å²) < 4.78 is 11.4. The number of aliphatic carboxylic acids is 1. The van der Waals surface area contributed by atoms with Crippen LogP contribution in [0.2, 0.25) is 0 Å². The minimum atomic E-state index is -2.50. The molecule has 0 heterocycles. The van der Waals surface area contributed by atoms with E-state index in [0.29, 0.717) is 12.2 Å². The topological polar surface area (TPSA) is 55.8 Å². The molecule has 0 saturated carbocycles. The standard InChI is InChI=1S/C12H23O4PS2/c1-6-7-11(12(13)14)8-19-17(18,15-9(2)3)16-10(4)5/h6,9-11H,1,7-8H2,2-5H3,(H,13,14). The van der Waals surface area contributed by atoms with Crippen LogP contribution in [0.3, 0.4) is 0 Å². The van der Waals surface area contributed by atoms with Crippen LogP contribution in [0.4, 0.5) is 0 Å². The monoisotopic (exact) mass is 326 g/mol. The van der Waals surface area contributed by atoms with Gasteiger partial charge in [0, 0.05) is 5.75 Å². The summed E-state index contributed by atoms with van der Waals surface area (Å²) >= 11 is 6.76. The Labute approximate surface area is 124 Å². The molecule has 7 heteroatoms. The van der Waals surface area contributed by atoms with E-state index in [0.717, 1.165) is 0 Å². The van der Waals surface area contributed by atoms with E-state index < -0.39 is 17.6 Å². The first kappa shape index (κ1) is 19.1. The first-order chi connectivity index (χ1) is 8.70. The summed E-state index contributed by atoms with van der Waals surface area (Å²) in [5, 5.41) is 9.10. The average molecular weight is 326 g/mol. The van der Waals surface area contributed by atoms with Crippen LogP contribution in [-0.2, 0) is 25.6 Å². The maximum atomic E-state index is 11.1. The Morgan fingerprint density at radius 1 is 1.37 bits per heavy atom. The maximum absolute atomic E-state index is 11.1. The molecule has 0 aromatic carbocycles. The van der Waals surface area contributed by atoms with E-state index in [-0.39, 0.29) is 12.2 Å². The molecule has 1 unspecified atom stereocenters. The summed E-state index contributed by atoms with van der Waals surface area (Å²) in [5.41, 5.74) is -2.50. The third-order valence-electron chi connectivity index (χ3n) is 1.91. The zero-order chi connectivity index (χ0) is 15.1. The minimum absolute atomic E-state index is 0.0419. The molecule has 0 rings (SSSR count). The summed E-state index contributed by atoms with van der Waals surface area (Å²) in [5.74, 6) is -0.975. The Kier molecular flexibility index (Phi) is 9.20. The van der Waals surface area contributed by atoms with Crippen LogP contribution < -0.4 is 0 Å².